The average molecular weight is 293 g/mol. The van der Waals surface area contributed by atoms with Gasteiger partial charge in [0.15, 0.2) is 0 Å². The van der Waals surface area contributed by atoms with Crippen molar-refractivity contribution < 1.29 is 5.11 Å². The topological polar surface area (TPSA) is 20.2 Å². The molecule has 0 aromatic rings. The molecule has 0 fully saturated rings. The van der Waals surface area contributed by atoms with Crippen molar-refractivity contribution in [2.45, 2.75) is 79.6 Å². The normalized spacial score (nSPS) is 14.2. The lowest BCUT2D eigenvalue weighted by molar-refractivity contribution is 0.259. The van der Waals surface area contributed by atoms with Crippen molar-refractivity contribution in [1.29, 1.82) is 0 Å². The van der Waals surface area contributed by atoms with Crippen LogP contribution in [0, 0.1) is 5.92 Å². The molecule has 0 aliphatic rings. The van der Waals surface area contributed by atoms with Gasteiger partial charge >= 0.3 is 0 Å². The zero-order valence-electron chi connectivity index (χ0n) is 14.9. The van der Waals surface area contributed by atoms with Gasteiger partial charge in [0.25, 0.3) is 0 Å². The van der Waals surface area contributed by atoms with E-state index in [2.05, 4.69) is 52.8 Å². The summed E-state index contributed by atoms with van der Waals surface area (Å²) in [6.07, 6.45) is 15.0. The molecule has 0 radical (unpaired) electrons. The Bertz CT molecular complexity index is 343. The molecule has 0 aliphatic carbocycles. The third kappa shape index (κ3) is 13.9. The maximum absolute atomic E-state index is 8.88. The molecular weight excluding hydrogens is 256 g/mol. The molecule has 122 valence electrons. The van der Waals surface area contributed by atoms with E-state index in [1.807, 2.05) is 0 Å². The number of hydrogen-bond acceptors (Lipinski definition) is 1. The van der Waals surface area contributed by atoms with Crippen LogP contribution >= 0.6 is 0 Å². The highest BCUT2D eigenvalue weighted by molar-refractivity contribution is 5.05. The summed E-state index contributed by atoms with van der Waals surface area (Å²) in [5.41, 5.74) is 4.42. The number of allylic oxidation sites excluding steroid dienone is 6. The minimum atomic E-state index is 0.320. The third-order valence-electron chi connectivity index (χ3n) is 3.90. The monoisotopic (exact) mass is 292 g/mol. The Hall–Kier alpha value is -0.820. The fraction of sp³-hybridized carbons (Fsp3) is 0.700. The molecule has 0 aliphatic heterocycles. The van der Waals surface area contributed by atoms with Crippen LogP contribution in [0.15, 0.2) is 34.9 Å². The standard InChI is InChI=1S/C20H36O/c1-17(2)9-6-10-18(3)11-7-12-19(4)13-8-14-20(5)15-16-21/h9,11,13,20-21H,6-8,10,12,14-16H2,1-5H3/b18-11+,19-13+. The second-order valence-corrected chi connectivity index (χ2v) is 6.65. The van der Waals surface area contributed by atoms with E-state index in [9.17, 15) is 0 Å². The molecule has 1 heteroatoms. The van der Waals surface area contributed by atoms with E-state index in [0.717, 1.165) is 19.3 Å². The molecule has 0 spiro atoms. The minimum Gasteiger partial charge on any atom is -0.396 e. The Labute approximate surface area is 132 Å². The van der Waals surface area contributed by atoms with Crippen LogP contribution in [-0.2, 0) is 0 Å². The zero-order chi connectivity index (χ0) is 16.1. The first kappa shape index (κ1) is 20.2. The van der Waals surface area contributed by atoms with E-state index < -0.39 is 0 Å². The molecular formula is C20H36O. The van der Waals surface area contributed by atoms with Gasteiger partial charge in [0.05, 0.1) is 0 Å². The molecule has 0 aromatic heterocycles. The zero-order valence-corrected chi connectivity index (χ0v) is 14.9. The van der Waals surface area contributed by atoms with Crippen molar-refractivity contribution in [2.75, 3.05) is 6.61 Å². The summed E-state index contributed by atoms with van der Waals surface area (Å²) in [6.45, 7) is 11.3. The van der Waals surface area contributed by atoms with Gasteiger partial charge in [0.1, 0.15) is 0 Å². The summed E-state index contributed by atoms with van der Waals surface area (Å²) in [5, 5.41) is 8.88. The minimum absolute atomic E-state index is 0.320. The van der Waals surface area contributed by atoms with E-state index in [1.54, 1.807) is 0 Å². The lowest BCUT2D eigenvalue weighted by Crippen LogP contribution is -1.97. The van der Waals surface area contributed by atoms with Crippen LogP contribution in [0.25, 0.3) is 0 Å². The van der Waals surface area contributed by atoms with Gasteiger partial charge in [-0.15, -0.1) is 0 Å². The first-order chi connectivity index (χ1) is 9.95. The fourth-order valence-electron chi connectivity index (χ4n) is 2.32. The van der Waals surface area contributed by atoms with Gasteiger partial charge in [-0.3, -0.25) is 0 Å². The smallest absolute Gasteiger partial charge is 0.0433 e. The number of aliphatic hydroxyl groups excluding tert-OH is 1. The Morgan fingerprint density at radius 3 is 1.86 bits per heavy atom. The van der Waals surface area contributed by atoms with Gasteiger partial charge in [0, 0.05) is 6.61 Å². The van der Waals surface area contributed by atoms with Crippen molar-refractivity contribution in [3.63, 3.8) is 0 Å². The van der Waals surface area contributed by atoms with Gasteiger partial charge < -0.3 is 5.11 Å². The van der Waals surface area contributed by atoms with Crippen LogP contribution in [0.3, 0.4) is 0 Å². The van der Waals surface area contributed by atoms with Gasteiger partial charge in [0.2, 0.25) is 0 Å². The van der Waals surface area contributed by atoms with E-state index in [-0.39, 0.29) is 0 Å². The van der Waals surface area contributed by atoms with Crippen LogP contribution in [0.1, 0.15) is 79.6 Å². The summed E-state index contributed by atoms with van der Waals surface area (Å²) >= 11 is 0. The molecule has 0 aromatic carbocycles. The predicted octanol–water partition coefficient (Wildman–Crippen LogP) is 6.20. The molecule has 0 bridgehead atoms. The highest BCUT2D eigenvalue weighted by Gasteiger charge is 1.99. The summed E-state index contributed by atoms with van der Waals surface area (Å²) in [6, 6.07) is 0. The maximum atomic E-state index is 8.88. The number of aliphatic hydroxyl groups is 1. The van der Waals surface area contributed by atoms with Crippen LogP contribution in [-0.4, -0.2) is 11.7 Å². The van der Waals surface area contributed by atoms with Gasteiger partial charge in [-0.2, -0.15) is 0 Å². The highest BCUT2D eigenvalue weighted by Crippen LogP contribution is 2.14. The van der Waals surface area contributed by atoms with Crippen LogP contribution in [0.2, 0.25) is 0 Å². The maximum Gasteiger partial charge on any atom is 0.0433 e. The van der Waals surface area contributed by atoms with Crippen LogP contribution in [0.4, 0.5) is 0 Å². The predicted molar refractivity (Wildman–Crippen MR) is 95.5 cm³/mol. The Morgan fingerprint density at radius 1 is 0.810 bits per heavy atom. The lowest BCUT2D eigenvalue weighted by Gasteiger charge is -2.07. The summed E-state index contributed by atoms with van der Waals surface area (Å²) in [4.78, 5) is 0. The van der Waals surface area contributed by atoms with Crippen LogP contribution in [0.5, 0.6) is 0 Å². The first-order valence-corrected chi connectivity index (χ1v) is 8.51. The lowest BCUT2D eigenvalue weighted by atomic mass is 10.0. The van der Waals surface area contributed by atoms with Crippen molar-refractivity contribution in [2.24, 2.45) is 5.92 Å². The largest absolute Gasteiger partial charge is 0.396 e. The van der Waals surface area contributed by atoms with E-state index in [1.165, 1.54) is 42.4 Å². The van der Waals surface area contributed by atoms with E-state index >= 15 is 0 Å². The van der Waals surface area contributed by atoms with Crippen LogP contribution < -0.4 is 0 Å². The molecule has 0 heterocycles. The first-order valence-electron chi connectivity index (χ1n) is 8.51. The van der Waals surface area contributed by atoms with Crippen molar-refractivity contribution in [3.8, 4) is 0 Å². The van der Waals surface area contributed by atoms with Gasteiger partial charge in [-0.1, -0.05) is 41.9 Å². The molecule has 0 rings (SSSR count). The SMILES string of the molecule is CC(C)=CCC/C(C)=C/CC/C(C)=C/CCC(C)CCO. The number of rotatable bonds is 11. The van der Waals surface area contributed by atoms with Crippen molar-refractivity contribution in [3.05, 3.63) is 34.9 Å². The molecule has 0 amide bonds. The summed E-state index contributed by atoms with van der Waals surface area (Å²) < 4.78 is 0. The molecule has 1 unspecified atom stereocenters. The molecule has 0 saturated carbocycles. The van der Waals surface area contributed by atoms with Crippen molar-refractivity contribution in [1.82, 2.24) is 0 Å². The quantitative estimate of drug-likeness (QED) is 0.449. The molecule has 1 N–H and O–H groups in total. The molecule has 1 atom stereocenters. The van der Waals surface area contributed by atoms with E-state index in [0.29, 0.717) is 12.5 Å². The highest BCUT2D eigenvalue weighted by atomic mass is 16.3. The van der Waals surface area contributed by atoms with Gasteiger partial charge in [-0.05, 0) is 78.6 Å². The Balaban J connectivity index is 3.85. The summed E-state index contributed by atoms with van der Waals surface area (Å²) in [5.74, 6) is 0.635. The average Bonchev–Trinajstić information content (AvgIpc) is 2.38. The summed E-state index contributed by atoms with van der Waals surface area (Å²) in [7, 11) is 0. The Kier molecular flexibility index (Phi) is 12.4. The molecule has 0 saturated heterocycles. The Morgan fingerprint density at radius 2 is 1.33 bits per heavy atom. The number of hydrogen-bond donors (Lipinski definition) is 1. The molecule has 21 heavy (non-hydrogen) atoms. The second-order valence-electron chi connectivity index (χ2n) is 6.65. The van der Waals surface area contributed by atoms with Crippen molar-refractivity contribution >= 4 is 0 Å². The fourth-order valence-corrected chi connectivity index (χ4v) is 2.32. The van der Waals surface area contributed by atoms with E-state index in [4.69, 9.17) is 5.11 Å². The van der Waals surface area contributed by atoms with Gasteiger partial charge in [-0.25, -0.2) is 0 Å². The third-order valence-corrected chi connectivity index (χ3v) is 3.90. The molecule has 1 nitrogen and oxygen atoms in total. The second kappa shape index (κ2) is 12.9.